The highest BCUT2D eigenvalue weighted by molar-refractivity contribution is 6.32. The molecule has 1 aliphatic heterocycles. The van der Waals surface area contributed by atoms with Crippen molar-refractivity contribution in [3.63, 3.8) is 0 Å². The maximum absolute atomic E-state index is 10.9. The van der Waals surface area contributed by atoms with E-state index in [-0.39, 0.29) is 10.7 Å². The Morgan fingerprint density at radius 3 is 2.95 bits per heavy atom. The first-order valence-corrected chi connectivity index (χ1v) is 6.79. The first-order valence-electron chi connectivity index (χ1n) is 6.41. The summed E-state index contributed by atoms with van der Waals surface area (Å²) in [5, 5.41) is 23.7. The molecule has 0 aliphatic carbocycles. The molecule has 0 bridgehead atoms. The number of nitrogens with zero attached hydrogens (tertiary/aromatic N) is 3. The zero-order valence-electron chi connectivity index (χ0n) is 10.9. The van der Waals surface area contributed by atoms with Crippen molar-refractivity contribution in [3.05, 3.63) is 38.9 Å². The van der Waals surface area contributed by atoms with Crippen LogP contribution in [0.2, 0.25) is 5.02 Å². The lowest BCUT2D eigenvalue weighted by Crippen LogP contribution is -2.31. The zero-order chi connectivity index (χ0) is 14.5. The molecule has 0 spiro atoms. The number of nitro benzene ring substituents is 1. The molecule has 1 unspecified atom stereocenters. The highest BCUT2D eigenvalue weighted by atomic mass is 35.5. The SMILES string of the molecule is N#CC(c1ccc(Cl)c([N+](=O)[O-])c1)N1CCCNCC1. The second-order valence-corrected chi connectivity index (χ2v) is 5.05. The number of halogens is 1. The van der Waals surface area contributed by atoms with Gasteiger partial charge in [0.25, 0.3) is 5.69 Å². The van der Waals surface area contributed by atoms with E-state index in [9.17, 15) is 15.4 Å². The van der Waals surface area contributed by atoms with Crippen LogP contribution in [0.1, 0.15) is 18.0 Å². The molecule has 1 aromatic rings. The summed E-state index contributed by atoms with van der Waals surface area (Å²) in [5.74, 6) is 0. The van der Waals surface area contributed by atoms with Crippen molar-refractivity contribution in [2.45, 2.75) is 12.5 Å². The molecule has 0 saturated carbocycles. The van der Waals surface area contributed by atoms with Crippen molar-refractivity contribution in [2.75, 3.05) is 26.2 Å². The highest BCUT2D eigenvalue weighted by Gasteiger charge is 2.23. The Hall–Kier alpha value is -1.68. The minimum atomic E-state index is -0.524. The second-order valence-electron chi connectivity index (χ2n) is 4.64. The first-order chi connectivity index (χ1) is 9.63. The van der Waals surface area contributed by atoms with Gasteiger partial charge in [0.2, 0.25) is 0 Å². The predicted octanol–water partition coefficient (Wildman–Crippen LogP) is 2.11. The molecule has 1 heterocycles. The average Bonchev–Trinajstić information content (AvgIpc) is 2.70. The van der Waals surface area contributed by atoms with Gasteiger partial charge in [-0.3, -0.25) is 15.0 Å². The molecule has 20 heavy (non-hydrogen) atoms. The second kappa shape index (κ2) is 6.66. The van der Waals surface area contributed by atoms with Gasteiger partial charge in [0.15, 0.2) is 0 Å². The summed E-state index contributed by atoms with van der Waals surface area (Å²) < 4.78 is 0. The summed E-state index contributed by atoms with van der Waals surface area (Å²) in [6, 6.07) is 6.31. The van der Waals surface area contributed by atoms with Crippen LogP contribution in [0.15, 0.2) is 18.2 Å². The van der Waals surface area contributed by atoms with Gasteiger partial charge in [0.1, 0.15) is 11.1 Å². The Morgan fingerprint density at radius 1 is 1.45 bits per heavy atom. The van der Waals surface area contributed by atoms with Crippen molar-refractivity contribution in [2.24, 2.45) is 0 Å². The smallest absolute Gasteiger partial charge is 0.288 e. The van der Waals surface area contributed by atoms with E-state index in [4.69, 9.17) is 11.6 Å². The van der Waals surface area contributed by atoms with E-state index in [1.54, 1.807) is 6.07 Å². The molecule has 0 radical (unpaired) electrons. The first kappa shape index (κ1) is 14.7. The largest absolute Gasteiger partial charge is 0.315 e. The molecule has 0 amide bonds. The fourth-order valence-electron chi connectivity index (χ4n) is 2.33. The Kier molecular flexibility index (Phi) is 4.90. The van der Waals surface area contributed by atoms with Gasteiger partial charge in [0, 0.05) is 25.7 Å². The van der Waals surface area contributed by atoms with E-state index < -0.39 is 11.0 Å². The molecular weight excluding hydrogens is 280 g/mol. The van der Waals surface area contributed by atoms with Crippen LogP contribution < -0.4 is 5.32 Å². The van der Waals surface area contributed by atoms with Crippen LogP contribution in [0.25, 0.3) is 0 Å². The molecule has 1 aliphatic rings. The van der Waals surface area contributed by atoms with Gasteiger partial charge in [-0.05, 0) is 24.6 Å². The normalized spacial score (nSPS) is 18.0. The average molecular weight is 295 g/mol. The van der Waals surface area contributed by atoms with Gasteiger partial charge in [0.05, 0.1) is 11.0 Å². The number of nitrogens with one attached hydrogen (secondary N) is 1. The summed E-state index contributed by atoms with van der Waals surface area (Å²) in [6.07, 6.45) is 0.952. The lowest BCUT2D eigenvalue weighted by Gasteiger charge is -2.25. The minimum Gasteiger partial charge on any atom is -0.315 e. The molecule has 7 heteroatoms. The summed E-state index contributed by atoms with van der Waals surface area (Å²) in [5.41, 5.74) is 0.461. The fourth-order valence-corrected chi connectivity index (χ4v) is 2.52. The Bertz CT molecular complexity index is 536. The summed E-state index contributed by atoms with van der Waals surface area (Å²) >= 11 is 5.80. The molecule has 1 fully saturated rings. The summed E-state index contributed by atoms with van der Waals surface area (Å²) in [6.45, 7) is 3.28. The highest BCUT2D eigenvalue weighted by Crippen LogP contribution is 2.30. The summed E-state index contributed by atoms with van der Waals surface area (Å²) in [4.78, 5) is 12.4. The van der Waals surface area contributed by atoms with Crippen molar-refractivity contribution < 1.29 is 4.92 Å². The Balaban J connectivity index is 2.29. The standard InChI is InChI=1S/C13H15ClN4O2/c14-11-3-2-10(8-12(11)18(19)20)13(9-15)17-6-1-4-16-5-7-17/h2-3,8,13,16H,1,4-7H2. The monoisotopic (exact) mass is 294 g/mol. The lowest BCUT2D eigenvalue weighted by molar-refractivity contribution is -0.384. The zero-order valence-corrected chi connectivity index (χ0v) is 11.6. The van der Waals surface area contributed by atoms with E-state index in [0.29, 0.717) is 5.56 Å². The molecular formula is C13H15ClN4O2. The topological polar surface area (TPSA) is 82.2 Å². The minimum absolute atomic E-state index is 0.0907. The van der Waals surface area contributed by atoms with Gasteiger partial charge in [-0.15, -0.1) is 0 Å². The number of hydrogen-bond acceptors (Lipinski definition) is 5. The maximum Gasteiger partial charge on any atom is 0.288 e. The third-order valence-corrected chi connectivity index (χ3v) is 3.66. The molecule has 2 rings (SSSR count). The van der Waals surface area contributed by atoms with Crippen molar-refractivity contribution in [3.8, 4) is 6.07 Å². The quantitative estimate of drug-likeness (QED) is 0.682. The van der Waals surface area contributed by atoms with Gasteiger partial charge >= 0.3 is 0 Å². The van der Waals surface area contributed by atoms with Crippen LogP contribution in [0.5, 0.6) is 0 Å². The van der Waals surface area contributed by atoms with Crippen molar-refractivity contribution in [1.82, 2.24) is 10.2 Å². The van der Waals surface area contributed by atoms with Crippen LogP contribution in [0.3, 0.4) is 0 Å². The predicted molar refractivity (Wildman–Crippen MR) is 75.5 cm³/mol. The third kappa shape index (κ3) is 3.25. The molecule has 1 N–H and O–H groups in total. The molecule has 1 aromatic carbocycles. The van der Waals surface area contributed by atoms with Gasteiger partial charge in [-0.1, -0.05) is 17.7 Å². The van der Waals surface area contributed by atoms with E-state index in [0.717, 1.165) is 32.6 Å². The molecule has 6 nitrogen and oxygen atoms in total. The molecule has 1 atom stereocenters. The van der Waals surface area contributed by atoms with Crippen LogP contribution in [-0.4, -0.2) is 36.0 Å². The van der Waals surface area contributed by atoms with Crippen LogP contribution in [0.4, 0.5) is 5.69 Å². The number of nitriles is 1. The van der Waals surface area contributed by atoms with Crippen LogP contribution >= 0.6 is 11.6 Å². The maximum atomic E-state index is 10.9. The van der Waals surface area contributed by atoms with Crippen molar-refractivity contribution >= 4 is 17.3 Å². The van der Waals surface area contributed by atoms with Crippen molar-refractivity contribution in [1.29, 1.82) is 5.26 Å². The molecule has 0 aromatic heterocycles. The third-order valence-electron chi connectivity index (χ3n) is 3.34. The van der Waals surface area contributed by atoms with E-state index in [2.05, 4.69) is 11.4 Å². The molecule has 106 valence electrons. The number of benzene rings is 1. The van der Waals surface area contributed by atoms with Gasteiger partial charge in [-0.25, -0.2) is 0 Å². The summed E-state index contributed by atoms with van der Waals surface area (Å²) in [7, 11) is 0. The van der Waals surface area contributed by atoms with Gasteiger partial charge < -0.3 is 5.32 Å². The van der Waals surface area contributed by atoms with Crippen LogP contribution in [0, 0.1) is 21.4 Å². The molecule has 1 saturated heterocycles. The Labute approximate surface area is 122 Å². The van der Waals surface area contributed by atoms with Crippen LogP contribution in [-0.2, 0) is 0 Å². The lowest BCUT2D eigenvalue weighted by atomic mass is 10.1. The van der Waals surface area contributed by atoms with E-state index in [1.165, 1.54) is 12.1 Å². The number of rotatable bonds is 3. The number of nitro groups is 1. The van der Waals surface area contributed by atoms with Gasteiger partial charge in [-0.2, -0.15) is 5.26 Å². The van der Waals surface area contributed by atoms with E-state index >= 15 is 0 Å². The van der Waals surface area contributed by atoms with E-state index in [1.807, 2.05) is 4.90 Å². The fraction of sp³-hybridized carbons (Fsp3) is 0.462. The number of hydrogen-bond donors (Lipinski definition) is 1. The Morgan fingerprint density at radius 2 is 2.25 bits per heavy atom.